The fourth-order valence-corrected chi connectivity index (χ4v) is 4.08. The zero-order valence-corrected chi connectivity index (χ0v) is 13.8. The van der Waals surface area contributed by atoms with Crippen LogP contribution in [-0.4, -0.2) is 6.54 Å². The summed E-state index contributed by atoms with van der Waals surface area (Å²) < 4.78 is 0. The molecule has 0 spiro atoms. The van der Waals surface area contributed by atoms with Gasteiger partial charge in [0.05, 0.1) is 0 Å². The summed E-state index contributed by atoms with van der Waals surface area (Å²) in [5.74, 6) is 0. The maximum absolute atomic E-state index is 3.87. The van der Waals surface area contributed by atoms with Crippen molar-refractivity contribution in [2.75, 3.05) is 6.54 Å². The van der Waals surface area contributed by atoms with Crippen LogP contribution >= 0.6 is 0 Å². The van der Waals surface area contributed by atoms with E-state index in [0.29, 0.717) is 11.5 Å². The molecule has 1 saturated carbocycles. The molecule has 0 amide bonds. The van der Waals surface area contributed by atoms with Crippen molar-refractivity contribution in [3.63, 3.8) is 0 Å². The van der Waals surface area contributed by atoms with Gasteiger partial charge in [-0.3, -0.25) is 0 Å². The molecule has 0 aliphatic heterocycles. The highest BCUT2D eigenvalue weighted by molar-refractivity contribution is 5.32. The molecule has 112 valence electrons. The summed E-state index contributed by atoms with van der Waals surface area (Å²) >= 11 is 0. The lowest BCUT2D eigenvalue weighted by atomic mass is 9.73. The van der Waals surface area contributed by atoms with E-state index < -0.39 is 0 Å². The van der Waals surface area contributed by atoms with E-state index in [4.69, 9.17) is 0 Å². The number of nitrogens with one attached hydrogen (secondary N) is 1. The van der Waals surface area contributed by atoms with Gasteiger partial charge in [0.2, 0.25) is 0 Å². The molecule has 1 aliphatic rings. The van der Waals surface area contributed by atoms with Crippen molar-refractivity contribution >= 4 is 0 Å². The van der Waals surface area contributed by atoms with Gasteiger partial charge in [-0.05, 0) is 57.1 Å². The van der Waals surface area contributed by atoms with Crippen molar-refractivity contribution in [1.82, 2.24) is 5.32 Å². The van der Waals surface area contributed by atoms with Crippen LogP contribution < -0.4 is 5.32 Å². The Balaban J connectivity index is 2.35. The van der Waals surface area contributed by atoms with Gasteiger partial charge in [-0.15, -0.1) is 0 Å². The molecule has 1 aromatic carbocycles. The Morgan fingerprint density at radius 1 is 1.05 bits per heavy atom. The molecule has 2 rings (SSSR count). The van der Waals surface area contributed by atoms with Gasteiger partial charge in [-0.2, -0.15) is 0 Å². The van der Waals surface area contributed by atoms with Crippen LogP contribution in [0.4, 0.5) is 0 Å². The average molecular weight is 273 g/mol. The summed E-state index contributed by atoms with van der Waals surface area (Å²) in [4.78, 5) is 0. The third-order valence-corrected chi connectivity index (χ3v) is 5.09. The molecule has 1 N–H and O–H groups in total. The van der Waals surface area contributed by atoms with Crippen molar-refractivity contribution < 1.29 is 0 Å². The van der Waals surface area contributed by atoms with Crippen molar-refractivity contribution in [3.05, 3.63) is 34.9 Å². The first-order chi connectivity index (χ1) is 9.61. The summed E-state index contributed by atoms with van der Waals surface area (Å²) in [6, 6.07) is 7.62. The molecule has 1 fully saturated rings. The van der Waals surface area contributed by atoms with E-state index in [-0.39, 0.29) is 0 Å². The van der Waals surface area contributed by atoms with Crippen LogP contribution in [0.5, 0.6) is 0 Å². The highest BCUT2D eigenvalue weighted by Gasteiger charge is 2.40. The number of benzene rings is 1. The zero-order chi connectivity index (χ0) is 14.6. The van der Waals surface area contributed by atoms with Gasteiger partial charge >= 0.3 is 0 Å². The smallest absolute Gasteiger partial charge is 0.0377 e. The van der Waals surface area contributed by atoms with Crippen molar-refractivity contribution in [2.45, 2.75) is 72.3 Å². The third kappa shape index (κ3) is 3.25. The van der Waals surface area contributed by atoms with E-state index in [1.807, 2.05) is 0 Å². The van der Waals surface area contributed by atoms with Crippen molar-refractivity contribution in [2.24, 2.45) is 5.41 Å². The van der Waals surface area contributed by atoms with E-state index in [9.17, 15) is 0 Å². The standard InChI is InChI=1S/C19H31N/c1-5-11-20-18(19(6-2)9-7-8-10-19)17-13-15(3)12-16(4)14-17/h12-14,18,20H,5-11H2,1-4H3. The number of rotatable bonds is 6. The van der Waals surface area contributed by atoms with Crippen LogP contribution in [0.15, 0.2) is 18.2 Å². The highest BCUT2D eigenvalue weighted by atomic mass is 14.9. The van der Waals surface area contributed by atoms with E-state index in [1.54, 1.807) is 0 Å². The minimum Gasteiger partial charge on any atom is -0.309 e. The van der Waals surface area contributed by atoms with Crippen LogP contribution in [0.3, 0.4) is 0 Å². The molecule has 0 radical (unpaired) electrons. The predicted molar refractivity (Wildman–Crippen MR) is 88.1 cm³/mol. The largest absolute Gasteiger partial charge is 0.309 e. The van der Waals surface area contributed by atoms with Gasteiger partial charge < -0.3 is 5.32 Å². The van der Waals surface area contributed by atoms with Gasteiger partial charge in [0.25, 0.3) is 0 Å². The third-order valence-electron chi connectivity index (χ3n) is 5.09. The molecule has 0 saturated heterocycles. The summed E-state index contributed by atoms with van der Waals surface area (Å²) in [5, 5.41) is 3.87. The fourth-order valence-electron chi connectivity index (χ4n) is 4.08. The van der Waals surface area contributed by atoms with Crippen LogP contribution in [0.1, 0.15) is 75.1 Å². The van der Waals surface area contributed by atoms with Gasteiger partial charge in [0.15, 0.2) is 0 Å². The SMILES string of the molecule is CCCNC(c1cc(C)cc(C)c1)C1(CC)CCCC1. The second kappa shape index (κ2) is 6.76. The normalized spacial score (nSPS) is 19.2. The molecule has 1 aliphatic carbocycles. The molecule has 1 heteroatoms. The van der Waals surface area contributed by atoms with E-state index in [2.05, 4.69) is 51.2 Å². The number of aryl methyl sites for hydroxylation is 2. The maximum Gasteiger partial charge on any atom is 0.0377 e. The Bertz CT molecular complexity index is 409. The topological polar surface area (TPSA) is 12.0 Å². The first-order valence-electron chi connectivity index (χ1n) is 8.43. The monoisotopic (exact) mass is 273 g/mol. The van der Waals surface area contributed by atoms with Gasteiger partial charge in [0, 0.05) is 6.04 Å². The Morgan fingerprint density at radius 3 is 2.15 bits per heavy atom. The molecule has 1 unspecified atom stereocenters. The Hall–Kier alpha value is -0.820. The zero-order valence-electron chi connectivity index (χ0n) is 13.8. The lowest BCUT2D eigenvalue weighted by molar-refractivity contribution is 0.187. The quantitative estimate of drug-likeness (QED) is 0.740. The number of hydrogen-bond acceptors (Lipinski definition) is 1. The molecule has 20 heavy (non-hydrogen) atoms. The summed E-state index contributed by atoms with van der Waals surface area (Å²) in [6.45, 7) is 10.2. The highest BCUT2D eigenvalue weighted by Crippen LogP contribution is 2.50. The van der Waals surface area contributed by atoms with Crippen LogP contribution in [0.25, 0.3) is 0 Å². The second-order valence-corrected chi connectivity index (χ2v) is 6.73. The molecule has 1 nitrogen and oxygen atoms in total. The van der Waals surface area contributed by atoms with Crippen molar-refractivity contribution in [3.8, 4) is 0 Å². The minimum atomic E-state index is 0.482. The molecule has 0 bridgehead atoms. The fraction of sp³-hybridized carbons (Fsp3) is 0.684. The molecule has 1 aromatic rings. The summed E-state index contributed by atoms with van der Waals surface area (Å²) in [7, 11) is 0. The molecule has 1 atom stereocenters. The minimum absolute atomic E-state index is 0.482. The van der Waals surface area contributed by atoms with Gasteiger partial charge in [-0.1, -0.05) is 56.0 Å². The summed E-state index contributed by atoms with van der Waals surface area (Å²) in [6.07, 6.45) is 8.09. The second-order valence-electron chi connectivity index (χ2n) is 6.73. The number of hydrogen-bond donors (Lipinski definition) is 1. The summed E-state index contributed by atoms with van der Waals surface area (Å²) in [5.41, 5.74) is 4.79. The Kier molecular flexibility index (Phi) is 5.26. The predicted octanol–water partition coefficient (Wildman–Crippen LogP) is 5.31. The van der Waals surface area contributed by atoms with Gasteiger partial charge in [-0.25, -0.2) is 0 Å². The Labute approximate surface area is 125 Å². The molecule has 0 aromatic heterocycles. The van der Waals surface area contributed by atoms with E-state index in [1.165, 1.54) is 55.2 Å². The molecular formula is C19H31N. The van der Waals surface area contributed by atoms with Crippen LogP contribution in [0.2, 0.25) is 0 Å². The van der Waals surface area contributed by atoms with Crippen LogP contribution in [0, 0.1) is 19.3 Å². The van der Waals surface area contributed by atoms with E-state index in [0.717, 1.165) is 6.54 Å². The lowest BCUT2D eigenvalue weighted by Gasteiger charge is -2.38. The lowest BCUT2D eigenvalue weighted by Crippen LogP contribution is -2.36. The van der Waals surface area contributed by atoms with Gasteiger partial charge in [0.1, 0.15) is 0 Å². The Morgan fingerprint density at radius 2 is 1.65 bits per heavy atom. The molecule has 0 heterocycles. The average Bonchev–Trinajstić information content (AvgIpc) is 2.88. The van der Waals surface area contributed by atoms with Crippen molar-refractivity contribution in [1.29, 1.82) is 0 Å². The molecular weight excluding hydrogens is 242 g/mol. The van der Waals surface area contributed by atoms with E-state index >= 15 is 0 Å². The maximum atomic E-state index is 3.87. The first kappa shape index (κ1) is 15.6. The first-order valence-corrected chi connectivity index (χ1v) is 8.43. The van der Waals surface area contributed by atoms with Crippen LogP contribution in [-0.2, 0) is 0 Å².